The van der Waals surface area contributed by atoms with Crippen LogP contribution in [0.3, 0.4) is 0 Å². The van der Waals surface area contributed by atoms with Crippen molar-refractivity contribution in [2.75, 3.05) is 13.2 Å². The van der Waals surface area contributed by atoms with E-state index in [4.69, 9.17) is 19.3 Å². The van der Waals surface area contributed by atoms with Crippen LogP contribution >= 0.6 is 7.82 Å². The van der Waals surface area contributed by atoms with Gasteiger partial charge in [-0.1, -0.05) is 184 Å². The maximum atomic E-state index is 12.4. The molecule has 2 N–H and O–H groups in total. The van der Waals surface area contributed by atoms with Crippen LogP contribution in [0, 0.1) is 0 Å². The van der Waals surface area contributed by atoms with Gasteiger partial charge in [-0.3, -0.25) is 14.1 Å². The van der Waals surface area contributed by atoms with E-state index in [1.54, 1.807) is 0 Å². The zero-order chi connectivity index (χ0) is 41.1. The molecule has 0 saturated carbocycles. The summed E-state index contributed by atoms with van der Waals surface area (Å²) in [6.45, 7) is 3.65. The summed E-state index contributed by atoms with van der Waals surface area (Å²) < 4.78 is 26.4. The van der Waals surface area contributed by atoms with Gasteiger partial charge in [-0.05, 0) is 70.6 Å². The van der Waals surface area contributed by atoms with Crippen molar-refractivity contribution in [1.82, 2.24) is 0 Å². The first kappa shape index (κ1) is 54.0. The van der Waals surface area contributed by atoms with Gasteiger partial charge >= 0.3 is 19.8 Å². The number of esters is 2. The molecule has 0 saturated heterocycles. The summed E-state index contributed by atoms with van der Waals surface area (Å²) in [5.74, 6) is -0.943. The Hall–Kier alpha value is -1.99. The van der Waals surface area contributed by atoms with Crippen molar-refractivity contribution in [3.63, 3.8) is 0 Å². The molecule has 0 aromatic carbocycles. The number of unbranched alkanes of at least 4 members (excludes halogenated alkanes) is 24. The number of carbonyl (C=O) groups excluding carboxylic acids is 2. The van der Waals surface area contributed by atoms with E-state index < -0.39 is 32.5 Å². The van der Waals surface area contributed by atoms with E-state index >= 15 is 0 Å². The van der Waals surface area contributed by atoms with E-state index in [1.165, 1.54) is 141 Å². The predicted octanol–water partition coefficient (Wildman–Crippen LogP) is 14.3. The molecule has 56 heavy (non-hydrogen) atoms. The van der Waals surface area contributed by atoms with Gasteiger partial charge in [0.2, 0.25) is 0 Å². The van der Waals surface area contributed by atoms with Gasteiger partial charge in [-0.2, -0.15) is 0 Å². The van der Waals surface area contributed by atoms with E-state index in [9.17, 15) is 14.2 Å². The summed E-state index contributed by atoms with van der Waals surface area (Å²) in [6, 6.07) is 0. The maximum absolute atomic E-state index is 12.4. The molecule has 0 aliphatic rings. The second-order valence-corrected chi connectivity index (χ2v) is 16.6. The molecule has 0 fully saturated rings. The Kier molecular flexibility index (Phi) is 41.1. The van der Waals surface area contributed by atoms with Crippen LogP contribution in [0.1, 0.15) is 219 Å². The summed E-state index contributed by atoms with van der Waals surface area (Å²) >= 11 is 0. The van der Waals surface area contributed by atoms with Gasteiger partial charge in [-0.25, -0.2) is 4.57 Å². The van der Waals surface area contributed by atoms with Crippen molar-refractivity contribution in [1.29, 1.82) is 0 Å². The third-order valence-corrected chi connectivity index (χ3v) is 10.3. The number of ether oxygens (including phenoxy) is 2. The quantitative estimate of drug-likeness (QED) is 0.0271. The number of rotatable bonds is 42. The van der Waals surface area contributed by atoms with Crippen molar-refractivity contribution >= 4 is 19.8 Å². The molecule has 1 atom stereocenters. The van der Waals surface area contributed by atoms with Crippen molar-refractivity contribution in [2.45, 2.75) is 225 Å². The highest BCUT2D eigenvalue weighted by molar-refractivity contribution is 7.46. The van der Waals surface area contributed by atoms with Crippen LogP contribution in [0.4, 0.5) is 0 Å². The molecule has 0 unspecified atom stereocenters. The molecule has 0 aliphatic carbocycles. The molecule has 0 rings (SSSR count). The fraction of sp³-hybridized carbons (Fsp3) is 0.787. The largest absolute Gasteiger partial charge is 0.469 e. The standard InChI is InChI=1S/C47H85O8P/c1-3-5-7-9-11-13-15-17-19-21-22-23-24-26-27-29-31-33-35-37-39-41-46(48)53-43-45(44-54-56(50,51)52)55-47(49)42-40-38-36-34-32-30-28-25-20-18-16-14-12-10-8-6-4-2/h17-20,28,30,34,36,45H,3-16,21-27,29,31-33,35,37-44H2,1-2H3,(H2,50,51,52)/b19-17-,20-18-,30-28-,36-34-/t45-/m1/s1. The average Bonchev–Trinajstić information content (AvgIpc) is 3.17. The Bertz CT molecular complexity index is 1050. The summed E-state index contributed by atoms with van der Waals surface area (Å²) in [4.78, 5) is 42.9. The first-order valence-corrected chi connectivity index (χ1v) is 24.5. The SMILES string of the molecule is CCCCCCCC/C=C\C/C=C\C/C=C\CCCC(=O)O[C@H](COC(=O)CCCCCCCCCCCCC/C=C\CCCCCCCC)COP(=O)(O)O. The molecule has 8 nitrogen and oxygen atoms in total. The second-order valence-electron chi connectivity index (χ2n) is 15.4. The van der Waals surface area contributed by atoms with Crippen LogP contribution in [0.5, 0.6) is 0 Å². The van der Waals surface area contributed by atoms with Crippen LogP contribution < -0.4 is 0 Å². The first-order valence-electron chi connectivity index (χ1n) is 22.9. The normalized spacial score (nSPS) is 12.9. The maximum Gasteiger partial charge on any atom is 0.469 e. The summed E-state index contributed by atoms with van der Waals surface area (Å²) in [5, 5.41) is 0. The average molecular weight is 809 g/mol. The van der Waals surface area contributed by atoms with Gasteiger partial charge in [-0.15, -0.1) is 0 Å². The molecule has 0 bridgehead atoms. The van der Waals surface area contributed by atoms with Crippen molar-refractivity contribution in [2.24, 2.45) is 0 Å². The number of allylic oxidation sites excluding steroid dienone is 8. The highest BCUT2D eigenvalue weighted by Crippen LogP contribution is 2.36. The minimum absolute atomic E-state index is 0.140. The molecular formula is C47H85O8P. The van der Waals surface area contributed by atoms with Gasteiger partial charge in [0.05, 0.1) is 6.61 Å². The lowest BCUT2D eigenvalue weighted by molar-refractivity contribution is -0.161. The Balaban J connectivity index is 3.92. The number of hydrogen-bond acceptors (Lipinski definition) is 6. The van der Waals surface area contributed by atoms with E-state index in [-0.39, 0.29) is 19.4 Å². The summed E-state index contributed by atoms with van der Waals surface area (Å²) in [5.41, 5.74) is 0. The number of hydrogen-bond donors (Lipinski definition) is 2. The highest BCUT2D eigenvalue weighted by atomic mass is 31.2. The Labute approximate surface area is 344 Å². The van der Waals surface area contributed by atoms with Crippen LogP contribution in [-0.4, -0.2) is 41.0 Å². The molecule has 0 amide bonds. The Morgan fingerprint density at radius 1 is 0.464 bits per heavy atom. The molecular weight excluding hydrogens is 723 g/mol. The van der Waals surface area contributed by atoms with Crippen LogP contribution in [0.25, 0.3) is 0 Å². The van der Waals surface area contributed by atoms with Gasteiger partial charge in [0.25, 0.3) is 0 Å². The molecule has 9 heteroatoms. The summed E-state index contributed by atoms with van der Waals surface area (Å²) in [6.07, 6.45) is 52.7. The van der Waals surface area contributed by atoms with Crippen molar-refractivity contribution < 1.29 is 37.9 Å². The molecule has 0 radical (unpaired) electrons. The van der Waals surface area contributed by atoms with Crippen LogP contribution in [0.15, 0.2) is 48.6 Å². The number of phosphoric ester groups is 1. The van der Waals surface area contributed by atoms with Gasteiger partial charge in [0.15, 0.2) is 6.10 Å². The lowest BCUT2D eigenvalue weighted by atomic mass is 10.0. The third kappa shape index (κ3) is 44.7. The van der Waals surface area contributed by atoms with Crippen molar-refractivity contribution in [3.05, 3.63) is 48.6 Å². The van der Waals surface area contributed by atoms with E-state index in [2.05, 4.69) is 60.9 Å². The Morgan fingerprint density at radius 3 is 1.27 bits per heavy atom. The Morgan fingerprint density at radius 2 is 0.821 bits per heavy atom. The highest BCUT2D eigenvalue weighted by Gasteiger charge is 2.22. The van der Waals surface area contributed by atoms with E-state index in [0.29, 0.717) is 12.8 Å². The fourth-order valence-electron chi connectivity index (χ4n) is 6.38. The van der Waals surface area contributed by atoms with E-state index in [1.807, 2.05) is 6.08 Å². The fourth-order valence-corrected chi connectivity index (χ4v) is 6.74. The molecule has 0 heterocycles. The first-order chi connectivity index (χ1) is 27.3. The minimum atomic E-state index is -4.77. The van der Waals surface area contributed by atoms with Crippen LogP contribution in [-0.2, 0) is 28.2 Å². The minimum Gasteiger partial charge on any atom is -0.462 e. The number of phosphoric acid groups is 1. The topological polar surface area (TPSA) is 119 Å². The zero-order valence-electron chi connectivity index (χ0n) is 36.0. The number of carbonyl (C=O) groups is 2. The molecule has 0 spiro atoms. The lowest BCUT2D eigenvalue weighted by Gasteiger charge is -2.18. The zero-order valence-corrected chi connectivity index (χ0v) is 36.9. The third-order valence-electron chi connectivity index (χ3n) is 9.82. The van der Waals surface area contributed by atoms with Gasteiger partial charge < -0.3 is 19.3 Å². The molecule has 0 aromatic rings. The van der Waals surface area contributed by atoms with Gasteiger partial charge in [0.1, 0.15) is 6.61 Å². The molecule has 0 aromatic heterocycles. The van der Waals surface area contributed by atoms with Gasteiger partial charge in [0, 0.05) is 12.8 Å². The second kappa shape index (κ2) is 42.6. The van der Waals surface area contributed by atoms with Crippen LogP contribution in [0.2, 0.25) is 0 Å². The molecule has 0 aliphatic heterocycles. The predicted molar refractivity (Wildman–Crippen MR) is 234 cm³/mol. The smallest absolute Gasteiger partial charge is 0.462 e. The monoisotopic (exact) mass is 809 g/mol. The molecule has 326 valence electrons. The summed E-state index contributed by atoms with van der Waals surface area (Å²) in [7, 11) is -4.77. The lowest BCUT2D eigenvalue weighted by Crippen LogP contribution is -2.29. The van der Waals surface area contributed by atoms with E-state index in [0.717, 1.165) is 38.5 Å². The van der Waals surface area contributed by atoms with Crippen molar-refractivity contribution in [3.8, 4) is 0 Å².